The fourth-order valence-corrected chi connectivity index (χ4v) is 4.31. The number of aromatic nitrogens is 3. The van der Waals surface area contributed by atoms with Crippen molar-refractivity contribution in [1.29, 1.82) is 0 Å². The third kappa shape index (κ3) is 4.97. The zero-order valence-electron chi connectivity index (χ0n) is 19.3. The minimum Gasteiger partial charge on any atom is -0.484 e. The molecule has 1 saturated heterocycles. The van der Waals surface area contributed by atoms with Crippen LogP contribution in [-0.4, -0.2) is 58.5 Å². The molecule has 4 aromatic rings. The van der Waals surface area contributed by atoms with Gasteiger partial charge in [-0.2, -0.15) is 4.98 Å². The van der Waals surface area contributed by atoms with Crippen LogP contribution in [0.1, 0.15) is 5.56 Å². The number of hydrogen-bond acceptors (Lipinski definition) is 7. The summed E-state index contributed by atoms with van der Waals surface area (Å²) in [5.74, 6) is 1.44. The van der Waals surface area contributed by atoms with Crippen LogP contribution in [0.4, 0.5) is 11.8 Å². The second-order valence-electron chi connectivity index (χ2n) is 8.39. The topological polar surface area (TPSA) is 97.5 Å². The SMILES string of the molecule is Cc1ccccc1-c1ccc2nc(N)nc(N3CCN(C(=O)COc4ccc(Cl)cc4)CC3)c2n1. The van der Waals surface area contributed by atoms with Gasteiger partial charge in [0.25, 0.3) is 5.91 Å². The van der Waals surface area contributed by atoms with Crippen LogP contribution in [0.25, 0.3) is 22.3 Å². The Labute approximate surface area is 208 Å². The van der Waals surface area contributed by atoms with Gasteiger partial charge in [0.1, 0.15) is 11.3 Å². The van der Waals surface area contributed by atoms with Gasteiger partial charge in [-0.3, -0.25) is 4.79 Å². The molecule has 0 bridgehead atoms. The molecule has 0 unspecified atom stereocenters. The quantitative estimate of drug-likeness (QED) is 0.454. The molecule has 9 heteroatoms. The molecular weight excluding hydrogens is 464 g/mol. The van der Waals surface area contributed by atoms with Crippen LogP contribution in [-0.2, 0) is 4.79 Å². The van der Waals surface area contributed by atoms with E-state index in [4.69, 9.17) is 27.1 Å². The van der Waals surface area contributed by atoms with Gasteiger partial charge >= 0.3 is 0 Å². The zero-order valence-corrected chi connectivity index (χ0v) is 20.1. The molecule has 1 aliphatic heterocycles. The Hall–Kier alpha value is -3.91. The molecular formula is C26H25ClN6O2. The van der Waals surface area contributed by atoms with E-state index in [9.17, 15) is 4.79 Å². The summed E-state index contributed by atoms with van der Waals surface area (Å²) >= 11 is 5.90. The summed E-state index contributed by atoms with van der Waals surface area (Å²) in [6.45, 7) is 4.35. The molecule has 0 aliphatic carbocycles. The first-order valence-corrected chi connectivity index (χ1v) is 11.8. The predicted octanol–water partition coefficient (Wildman–Crippen LogP) is 3.96. The molecule has 0 saturated carbocycles. The fraction of sp³-hybridized carbons (Fsp3) is 0.231. The van der Waals surface area contributed by atoms with Crippen molar-refractivity contribution in [1.82, 2.24) is 19.9 Å². The summed E-state index contributed by atoms with van der Waals surface area (Å²) in [6, 6.07) is 19.0. The molecule has 8 nitrogen and oxygen atoms in total. The molecule has 5 rings (SSSR count). The van der Waals surface area contributed by atoms with Crippen molar-refractivity contribution in [2.75, 3.05) is 43.4 Å². The van der Waals surface area contributed by atoms with E-state index in [0.29, 0.717) is 53.8 Å². The molecule has 2 N–H and O–H groups in total. The summed E-state index contributed by atoms with van der Waals surface area (Å²) < 4.78 is 5.62. The Morgan fingerprint density at radius 2 is 1.71 bits per heavy atom. The van der Waals surface area contributed by atoms with Gasteiger partial charge in [-0.15, -0.1) is 0 Å². The van der Waals surface area contributed by atoms with E-state index < -0.39 is 0 Å². The van der Waals surface area contributed by atoms with E-state index in [-0.39, 0.29) is 18.5 Å². The van der Waals surface area contributed by atoms with E-state index in [0.717, 1.165) is 16.8 Å². The van der Waals surface area contributed by atoms with Gasteiger partial charge in [0.2, 0.25) is 5.95 Å². The largest absolute Gasteiger partial charge is 0.484 e. The number of fused-ring (bicyclic) bond motifs is 1. The number of amides is 1. The molecule has 178 valence electrons. The summed E-state index contributed by atoms with van der Waals surface area (Å²) in [6.07, 6.45) is 0. The number of nitrogen functional groups attached to an aromatic ring is 1. The molecule has 1 amide bonds. The second-order valence-corrected chi connectivity index (χ2v) is 8.83. The van der Waals surface area contributed by atoms with Crippen LogP contribution in [0, 0.1) is 6.92 Å². The highest BCUT2D eigenvalue weighted by atomic mass is 35.5. The van der Waals surface area contributed by atoms with E-state index in [1.807, 2.05) is 24.3 Å². The second kappa shape index (κ2) is 9.76. The number of nitrogens with zero attached hydrogens (tertiary/aromatic N) is 5. The minimum absolute atomic E-state index is 0.0215. The third-order valence-corrected chi connectivity index (χ3v) is 6.32. The van der Waals surface area contributed by atoms with Crippen molar-refractivity contribution in [2.24, 2.45) is 0 Å². The first kappa shape index (κ1) is 22.9. The monoisotopic (exact) mass is 488 g/mol. The molecule has 1 fully saturated rings. The molecule has 1 aliphatic rings. The van der Waals surface area contributed by atoms with Gasteiger partial charge in [-0.05, 0) is 48.9 Å². The van der Waals surface area contributed by atoms with E-state index in [2.05, 4.69) is 33.9 Å². The molecule has 2 aromatic carbocycles. The first-order chi connectivity index (χ1) is 17.0. The van der Waals surface area contributed by atoms with E-state index >= 15 is 0 Å². The zero-order chi connectivity index (χ0) is 24.4. The number of ether oxygens (including phenoxy) is 1. The van der Waals surface area contributed by atoms with Crippen LogP contribution in [0.2, 0.25) is 5.02 Å². The van der Waals surface area contributed by atoms with Crippen molar-refractivity contribution in [3.05, 3.63) is 71.2 Å². The van der Waals surface area contributed by atoms with Crippen molar-refractivity contribution < 1.29 is 9.53 Å². The van der Waals surface area contributed by atoms with E-state index in [1.165, 1.54) is 0 Å². The van der Waals surface area contributed by atoms with Crippen molar-refractivity contribution >= 4 is 40.3 Å². The Bertz CT molecular complexity index is 1370. The van der Waals surface area contributed by atoms with Gasteiger partial charge in [0.15, 0.2) is 12.4 Å². The number of anilines is 2. The van der Waals surface area contributed by atoms with Crippen LogP contribution in [0.3, 0.4) is 0 Å². The number of aryl methyl sites for hydroxylation is 1. The van der Waals surface area contributed by atoms with Crippen LogP contribution >= 0.6 is 11.6 Å². The van der Waals surface area contributed by atoms with Crippen LogP contribution < -0.4 is 15.4 Å². The molecule has 0 radical (unpaired) electrons. The Balaban J connectivity index is 1.31. The summed E-state index contributed by atoms with van der Waals surface area (Å²) in [7, 11) is 0. The first-order valence-electron chi connectivity index (χ1n) is 11.4. The number of nitrogens with two attached hydrogens (primary N) is 1. The van der Waals surface area contributed by atoms with Gasteiger partial charge in [-0.25, -0.2) is 9.97 Å². The normalized spacial score (nSPS) is 13.8. The highest BCUT2D eigenvalue weighted by molar-refractivity contribution is 6.30. The highest BCUT2D eigenvalue weighted by Crippen LogP contribution is 2.28. The lowest BCUT2D eigenvalue weighted by atomic mass is 10.1. The maximum Gasteiger partial charge on any atom is 0.260 e. The predicted molar refractivity (Wildman–Crippen MR) is 138 cm³/mol. The molecule has 35 heavy (non-hydrogen) atoms. The number of rotatable bonds is 5. The molecule has 0 atom stereocenters. The molecule has 0 spiro atoms. The third-order valence-electron chi connectivity index (χ3n) is 6.07. The highest BCUT2D eigenvalue weighted by Gasteiger charge is 2.24. The van der Waals surface area contributed by atoms with E-state index in [1.54, 1.807) is 29.2 Å². The lowest BCUT2D eigenvalue weighted by Gasteiger charge is -2.35. The van der Waals surface area contributed by atoms with Crippen LogP contribution in [0.5, 0.6) is 5.75 Å². The van der Waals surface area contributed by atoms with Gasteiger partial charge in [0.05, 0.1) is 11.2 Å². The van der Waals surface area contributed by atoms with Gasteiger partial charge in [0, 0.05) is 36.8 Å². The lowest BCUT2D eigenvalue weighted by molar-refractivity contribution is -0.133. The Morgan fingerprint density at radius 1 is 0.971 bits per heavy atom. The number of benzene rings is 2. The van der Waals surface area contributed by atoms with Crippen molar-refractivity contribution in [3.8, 4) is 17.0 Å². The van der Waals surface area contributed by atoms with Crippen molar-refractivity contribution in [3.63, 3.8) is 0 Å². The van der Waals surface area contributed by atoms with Gasteiger partial charge in [-0.1, -0.05) is 35.9 Å². The smallest absolute Gasteiger partial charge is 0.260 e. The number of halogens is 1. The summed E-state index contributed by atoms with van der Waals surface area (Å²) in [4.78, 5) is 30.4. The number of pyridine rings is 1. The number of hydrogen-bond donors (Lipinski definition) is 1. The summed E-state index contributed by atoms with van der Waals surface area (Å²) in [5, 5.41) is 0.623. The Morgan fingerprint density at radius 3 is 2.46 bits per heavy atom. The standard InChI is InChI=1S/C26H25ClN6O2/c1-17-4-2-3-5-20(17)21-10-11-22-24(29-21)25(31-26(28)30-22)33-14-12-32(13-15-33)23(34)16-35-19-8-6-18(27)7-9-19/h2-11H,12-16H2,1H3,(H2,28,30,31). The maximum absolute atomic E-state index is 12.7. The average Bonchev–Trinajstić information content (AvgIpc) is 2.88. The molecule has 3 heterocycles. The summed E-state index contributed by atoms with van der Waals surface area (Å²) in [5.41, 5.74) is 10.5. The Kier molecular flexibility index (Phi) is 6.37. The fourth-order valence-electron chi connectivity index (χ4n) is 4.18. The van der Waals surface area contributed by atoms with Crippen molar-refractivity contribution in [2.45, 2.75) is 6.92 Å². The maximum atomic E-state index is 12.7. The van der Waals surface area contributed by atoms with Crippen LogP contribution in [0.15, 0.2) is 60.7 Å². The number of carbonyl (C=O) groups excluding carboxylic acids is 1. The average molecular weight is 489 g/mol. The number of piperazine rings is 1. The molecule has 2 aromatic heterocycles. The minimum atomic E-state index is -0.0633. The number of carbonyl (C=O) groups is 1. The lowest BCUT2D eigenvalue weighted by Crippen LogP contribution is -2.50. The van der Waals surface area contributed by atoms with Gasteiger partial charge < -0.3 is 20.3 Å².